The minimum absolute atomic E-state index is 0.0382. The van der Waals surface area contributed by atoms with Crippen molar-refractivity contribution in [1.29, 1.82) is 0 Å². The Labute approximate surface area is 249 Å². The molecule has 0 amide bonds. The van der Waals surface area contributed by atoms with Crippen molar-refractivity contribution in [3.05, 3.63) is 97.3 Å². The third kappa shape index (κ3) is 7.53. The van der Waals surface area contributed by atoms with Gasteiger partial charge < -0.3 is 24.1 Å². The first kappa shape index (κ1) is 29.7. The number of nitro benzene ring substituents is 1. The highest BCUT2D eigenvalue weighted by molar-refractivity contribution is 7.09. The number of nitrogens with zero attached hydrogens (tertiary/aromatic N) is 3. The van der Waals surface area contributed by atoms with Gasteiger partial charge in [0.25, 0.3) is 5.69 Å². The smallest absolute Gasteiger partial charge is 0.338 e. The van der Waals surface area contributed by atoms with Gasteiger partial charge >= 0.3 is 5.97 Å². The maximum absolute atomic E-state index is 13.7. The molecule has 2 aromatic heterocycles. The molecule has 1 atom stereocenters. The number of carbonyl (C=O) groups excluding carboxylic acids is 1. The molecule has 10 nitrogen and oxygen atoms in total. The fourth-order valence-electron chi connectivity index (χ4n) is 5.22. The molecule has 2 aliphatic rings. The van der Waals surface area contributed by atoms with E-state index in [2.05, 4.69) is 16.3 Å². The number of nitrogens with one attached hydrogen (secondary N) is 1. The fraction of sp³-hybridized carbons (Fsp3) is 0.419. The number of thiophene rings is 1. The predicted octanol–water partition coefficient (Wildman–Crippen LogP) is 5.58. The number of likely N-dealkylation sites (tertiary alicyclic amines) is 1. The molecule has 0 radical (unpaired) electrons. The Balaban J connectivity index is 1.42. The van der Waals surface area contributed by atoms with Gasteiger partial charge in [-0.2, -0.15) is 0 Å². The zero-order valence-electron chi connectivity index (χ0n) is 23.8. The van der Waals surface area contributed by atoms with Gasteiger partial charge in [0.05, 0.1) is 42.3 Å². The Bertz CT molecular complexity index is 1410. The Hall–Kier alpha value is -3.80. The summed E-state index contributed by atoms with van der Waals surface area (Å²) in [5.74, 6) is 0.367. The first-order valence-electron chi connectivity index (χ1n) is 14.4. The van der Waals surface area contributed by atoms with Crippen LogP contribution in [-0.4, -0.2) is 61.1 Å². The summed E-state index contributed by atoms with van der Waals surface area (Å²) in [5.41, 5.74) is 1.78. The SMILES string of the molecule is Cc1ccc(C2N=C(c3ccco3)NC(COCCN3CCCCC3)=C2C(=O)OCCCc2cccs2)cc1[N+](=O)[O-]. The van der Waals surface area contributed by atoms with E-state index in [9.17, 15) is 14.9 Å². The molecule has 1 aromatic carbocycles. The number of hydrogen-bond acceptors (Lipinski definition) is 10. The third-order valence-corrected chi connectivity index (χ3v) is 8.41. The summed E-state index contributed by atoms with van der Waals surface area (Å²) >= 11 is 1.67. The van der Waals surface area contributed by atoms with Crippen LogP contribution < -0.4 is 5.32 Å². The van der Waals surface area contributed by atoms with Crippen molar-refractivity contribution in [3.63, 3.8) is 0 Å². The van der Waals surface area contributed by atoms with Crippen molar-refractivity contribution in [1.82, 2.24) is 10.2 Å². The van der Waals surface area contributed by atoms with Crippen LogP contribution in [-0.2, 0) is 20.7 Å². The molecule has 3 aromatic rings. The van der Waals surface area contributed by atoms with Crippen LogP contribution >= 0.6 is 11.3 Å². The highest BCUT2D eigenvalue weighted by Crippen LogP contribution is 2.35. The molecular weight excluding hydrogens is 556 g/mol. The van der Waals surface area contributed by atoms with Crippen LogP contribution in [0.15, 0.2) is 74.8 Å². The van der Waals surface area contributed by atoms with Gasteiger partial charge in [-0.3, -0.25) is 15.1 Å². The number of piperidine rings is 1. The molecule has 5 rings (SSSR count). The van der Waals surface area contributed by atoms with E-state index in [1.807, 2.05) is 11.4 Å². The van der Waals surface area contributed by atoms with Crippen molar-refractivity contribution in [3.8, 4) is 0 Å². The zero-order valence-corrected chi connectivity index (χ0v) is 24.6. The molecule has 1 N–H and O–H groups in total. The van der Waals surface area contributed by atoms with Crippen LogP contribution in [0, 0.1) is 17.0 Å². The minimum Gasteiger partial charge on any atom is -0.462 e. The van der Waals surface area contributed by atoms with Crippen LogP contribution in [0.1, 0.15) is 53.5 Å². The van der Waals surface area contributed by atoms with E-state index in [1.54, 1.807) is 48.8 Å². The van der Waals surface area contributed by atoms with Crippen molar-refractivity contribution in [2.75, 3.05) is 39.5 Å². The number of rotatable bonds is 13. The van der Waals surface area contributed by atoms with E-state index < -0.39 is 16.9 Å². The molecular formula is C31H36N4O6S. The molecule has 1 unspecified atom stereocenters. The number of hydrogen-bond donors (Lipinski definition) is 1. The number of ether oxygens (including phenoxy) is 2. The first-order chi connectivity index (χ1) is 20.5. The second-order valence-electron chi connectivity index (χ2n) is 10.5. The number of esters is 1. The van der Waals surface area contributed by atoms with Crippen LogP contribution in [0.25, 0.3) is 0 Å². The maximum atomic E-state index is 13.7. The summed E-state index contributed by atoms with van der Waals surface area (Å²) in [4.78, 5) is 33.5. The average molecular weight is 593 g/mol. The number of benzene rings is 1. The Morgan fingerprint density at radius 3 is 2.79 bits per heavy atom. The summed E-state index contributed by atoms with van der Waals surface area (Å²) in [6.45, 7) is 5.48. The largest absolute Gasteiger partial charge is 0.462 e. The maximum Gasteiger partial charge on any atom is 0.338 e. The summed E-state index contributed by atoms with van der Waals surface area (Å²) < 4.78 is 17.5. The van der Waals surface area contributed by atoms with Gasteiger partial charge in [0, 0.05) is 23.1 Å². The average Bonchev–Trinajstić information content (AvgIpc) is 3.73. The van der Waals surface area contributed by atoms with Crippen molar-refractivity contribution < 1.29 is 23.6 Å². The highest BCUT2D eigenvalue weighted by Gasteiger charge is 2.34. The van der Waals surface area contributed by atoms with Crippen LogP contribution in [0.3, 0.4) is 0 Å². The van der Waals surface area contributed by atoms with Gasteiger partial charge in [-0.1, -0.05) is 24.6 Å². The molecule has 4 heterocycles. The number of aliphatic imine (C=N–C) groups is 1. The van der Waals surface area contributed by atoms with Crippen molar-refractivity contribution in [2.24, 2.45) is 4.99 Å². The van der Waals surface area contributed by atoms with E-state index in [0.717, 1.165) is 26.1 Å². The number of nitro groups is 1. The number of aryl methyl sites for hydroxylation is 2. The molecule has 11 heteroatoms. The van der Waals surface area contributed by atoms with Gasteiger partial charge in [-0.15, -0.1) is 11.3 Å². The van der Waals surface area contributed by atoms with Gasteiger partial charge in [-0.25, -0.2) is 4.79 Å². The third-order valence-electron chi connectivity index (χ3n) is 7.47. The number of carbonyl (C=O) groups is 1. The monoisotopic (exact) mass is 592 g/mol. The molecule has 222 valence electrons. The van der Waals surface area contributed by atoms with Gasteiger partial charge in [0.2, 0.25) is 0 Å². The molecule has 0 bridgehead atoms. The van der Waals surface area contributed by atoms with E-state index in [1.165, 1.54) is 30.2 Å². The van der Waals surface area contributed by atoms with E-state index in [4.69, 9.17) is 18.9 Å². The topological polar surface area (TPSA) is 119 Å². The van der Waals surface area contributed by atoms with Crippen LogP contribution in [0.4, 0.5) is 5.69 Å². The Kier molecular flexibility index (Phi) is 10.2. The van der Waals surface area contributed by atoms with Crippen molar-refractivity contribution >= 4 is 28.8 Å². The summed E-state index contributed by atoms with van der Waals surface area (Å²) in [6.07, 6.45) is 6.69. The minimum atomic E-state index is -0.851. The van der Waals surface area contributed by atoms with E-state index in [0.29, 0.717) is 41.4 Å². The molecule has 0 spiro atoms. The van der Waals surface area contributed by atoms with Gasteiger partial charge in [0.15, 0.2) is 11.6 Å². The normalized spacial score (nSPS) is 17.5. The quantitative estimate of drug-likeness (QED) is 0.118. The van der Waals surface area contributed by atoms with Crippen molar-refractivity contribution in [2.45, 2.75) is 45.1 Å². The number of amidine groups is 1. The lowest BCUT2D eigenvalue weighted by Gasteiger charge is -2.28. The standard InChI is InChI=1S/C31H36N4O6S/c1-22-11-12-23(20-26(22)35(37)38)29-28(31(36)41-17-5-8-24-9-7-19-42-24)25(32-30(33-29)27-10-6-16-40-27)21-39-18-15-34-13-3-2-4-14-34/h6-7,9-12,16,19-20,29H,2-5,8,13-15,17-18,21H2,1H3,(H,32,33). The first-order valence-corrected chi connectivity index (χ1v) is 15.2. The zero-order chi connectivity index (χ0) is 29.3. The van der Waals surface area contributed by atoms with Gasteiger partial charge in [-0.05, 0) is 74.8 Å². The molecule has 0 saturated carbocycles. The lowest BCUT2D eigenvalue weighted by atomic mass is 9.94. The van der Waals surface area contributed by atoms with E-state index in [-0.39, 0.29) is 24.5 Å². The van der Waals surface area contributed by atoms with Gasteiger partial charge in [0.1, 0.15) is 6.04 Å². The lowest BCUT2D eigenvalue weighted by molar-refractivity contribution is -0.385. The summed E-state index contributed by atoms with van der Waals surface area (Å²) in [7, 11) is 0. The van der Waals surface area contributed by atoms with Crippen LogP contribution in [0.5, 0.6) is 0 Å². The molecule has 42 heavy (non-hydrogen) atoms. The molecule has 0 aliphatic carbocycles. The molecule has 1 fully saturated rings. The van der Waals surface area contributed by atoms with Crippen LogP contribution in [0.2, 0.25) is 0 Å². The second kappa shape index (κ2) is 14.4. The Morgan fingerprint density at radius 1 is 1.19 bits per heavy atom. The summed E-state index contributed by atoms with van der Waals surface area (Å²) in [6, 6.07) is 11.7. The molecule has 2 aliphatic heterocycles. The lowest BCUT2D eigenvalue weighted by Crippen LogP contribution is -2.36. The van der Waals surface area contributed by atoms with E-state index >= 15 is 0 Å². The fourth-order valence-corrected chi connectivity index (χ4v) is 5.97. The summed E-state index contributed by atoms with van der Waals surface area (Å²) in [5, 5.41) is 17.1. The second-order valence-corrected chi connectivity index (χ2v) is 11.5. The number of furan rings is 1. The highest BCUT2D eigenvalue weighted by atomic mass is 32.1. The Morgan fingerprint density at radius 2 is 2.05 bits per heavy atom. The predicted molar refractivity (Wildman–Crippen MR) is 161 cm³/mol. The molecule has 1 saturated heterocycles.